The van der Waals surface area contributed by atoms with Crippen LogP contribution in [0.3, 0.4) is 0 Å². The Morgan fingerprint density at radius 1 is 1.00 bits per heavy atom. The zero-order valence-electron chi connectivity index (χ0n) is 15.3. The van der Waals surface area contributed by atoms with E-state index in [0.29, 0.717) is 27.5 Å². The van der Waals surface area contributed by atoms with Crippen molar-refractivity contribution in [2.24, 2.45) is 5.92 Å². The minimum atomic E-state index is -5.00. The lowest BCUT2D eigenvalue weighted by atomic mass is 9.99. The van der Waals surface area contributed by atoms with Gasteiger partial charge in [0.25, 0.3) is 0 Å². The number of fused-ring (bicyclic) bond motifs is 1. The molecule has 4 rings (SSSR count). The van der Waals surface area contributed by atoms with Crippen molar-refractivity contribution in [1.29, 1.82) is 0 Å². The first-order valence-electron chi connectivity index (χ1n) is 8.81. The molecule has 1 N–H and O–H groups in total. The Morgan fingerprint density at radius 2 is 1.61 bits per heavy atom. The first-order chi connectivity index (χ1) is 14.4. The predicted octanol–water partition coefficient (Wildman–Crippen LogP) is 5.55. The highest BCUT2D eigenvalue weighted by molar-refractivity contribution is 7.22. The molecule has 3 aromatic rings. The molecule has 31 heavy (non-hydrogen) atoms. The van der Waals surface area contributed by atoms with Crippen LogP contribution in [0.1, 0.15) is 11.1 Å². The maximum absolute atomic E-state index is 13.3. The molecule has 0 atom stereocenters. The third-order valence-corrected chi connectivity index (χ3v) is 5.80. The molecule has 2 heterocycles. The Balaban J connectivity index is 1.46. The molecule has 1 fully saturated rings. The summed E-state index contributed by atoms with van der Waals surface area (Å²) in [6.07, 6.45) is -10.00. The fraction of sp³-hybridized carbons (Fsp3) is 0.263. The summed E-state index contributed by atoms with van der Waals surface area (Å²) < 4.78 is 91.6. The van der Waals surface area contributed by atoms with Crippen LogP contribution in [0.25, 0.3) is 10.2 Å². The molecule has 1 aliphatic heterocycles. The van der Waals surface area contributed by atoms with Crippen molar-refractivity contribution in [3.05, 3.63) is 53.3 Å². The Labute approximate surface area is 174 Å². The second kappa shape index (κ2) is 7.36. The predicted molar refractivity (Wildman–Crippen MR) is 100 cm³/mol. The van der Waals surface area contributed by atoms with Gasteiger partial charge < -0.3 is 10.2 Å². The van der Waals surface area contributed by atoms with E-state index in [1.54, 1.807) is 4.90 Å². The van der Waals surface area contributed by atoms with Crippen LogP contribution in [-0.2, 0) is 17.1 Å². The summed E-state index contributed by atoms with van der Waals surface area (Å²) in [4.78, 5) is 18.4. The van der Waals surface area contributed by atoms with Crippen LogP contribution in [0.4, 0.5) is 41.6 Å². The topological polar surface area (TPSA) is 45.2 Å². The van der Waals surface area contributed by atoms with Crippen LogP contribution in [0.5, 0.6) is 0 Å². The number of halogens is 7. The molecular weight excluding hydrogens is 451 g/mol. The molecule has 4 nitrogen and oxygen atoms in total. The van der Waals surface area contributed by atoms with Gasteiger partial charge in [-0.1, -0.05) is 11.3 Å². The quantitative estimate of drug-likeness (QED) is 0.519. The van der Waals surface area contributed by atoms with Crippen LogP contribution in [0, 0.1) is 11.7 Å². The van der Waals surface area contributed by atoms with E-state index in [1.807, 2.05) is 0 Å². The van der Waals surface area contributed by atoms with Gasteiger partial charge in [-0.3, -0.25) is 4.79 Å². The van der Waals surface area contributed by atoms with Gasteiger partial charge in [0, 0.05) is 18.8 Å². The average Bonchev–Trinajstić information content (AvgIpc) is 3.01. The Bertz CT molecular complexity index is 1120. The number of hydrogen-bond acceptors (Lipinski definition) is 4. The Hall–Kier alpha value is -2.89. The average molecular weight is 463 g/mol. The normalized spacial score (nSPS) is 15.3. The number of rotatable bonds is 3. The van der Waals surface area contributed by atoms with Crippen molar-refractivity contribution in [2.75, 3.05) is 23.3 Å². The molecule has 1 aliphatic rings. The summed E-state index contributed by atoms with van der Waals surface area (Å²) in [5, 5.41) is 2.69. The zero-order valence-corrected chi connectivity index (χ0v) is 16.1. The first-order valence-corrected chi connectivity index (χ1v) is 9.63. The van der Waals surface area contributed by atoms with Crippen LogP contribution >= 0.6 is 11.3 Å². The fourth-order valence-corrected chi connectivity index (χ4v) is 4.10. The van der Waals surface area contributed by atoms with Crippen LogP contribution < -0.4 is 10.2 Å². The molecular formula is C19H12F7N3OS. The zero-order chi connectivity index (χ0) is 22.6. The Kier molecular flexibility index (Phi) is 5.07. The van der Waals surface area contributed by atoms with Gasteiger partial charge in [-0.25, -0.2) is 9.37 Å². The molecule has 0 spiro atoms. The van der Waals surface area contributed by atoms with Crippen molar-refractivity contribution in [1.82, 2.24) is 4.98 Å². The monoisotopic (exact) mass is 463 g/mol. The number of aromatic nitrogens is 1. The standard InChI is InChI=1S/C19H12F7N3OS/c20-12-1-2-14-15(6-12)31-17(28-14)29-7-9(8-29)16(30)27-13-4-10(18(21,22)23)3-11(5-13)19(24,25)26/h1-6,9H,7-8H2,(H,27,30). The number of hydrogen-bond donors (Lipinski definition) is 1. The largest absolute Gasteiger partial charge is 0.416 e. The fourth-order valence-electron chi connectivity index (χ4n) is 3.09. The SMILES string of the molecule is O=C(Nc1cc(C(F)(F)F)cc(C(F)(F)F)c1)C1CN(c2nc3ccc(F)cc3s2)C1. The Morgan fingerprint density at radius 3 is 2.19 bits per heavy atom. The number of benzene rings is 2. The summed E-state index contributed by atoms with van der Waals surface area (Å²) in [6.45, 7) is 0.360. The van der Waals surface area contributed by atoms with Crippen molar-refractivity contribution in [2.45, 2.75) is 12.4 Å². The maximum atomic E-state index is 13.3. The van der Waals surface area contributed by atoms with Gasteiger partial charge in [0.15, 0.2) is 5.13 Å². The number of alkyl halides is 6. The number of carbonyl (C=O) groups excluding carboxylic acids is 1. The summed E-state index contributed by atoms with van der Waals surface area (Å²) in [5.74, 6) is -1.76. The van der Waals surface area contributed by atoms with Crippen molar-refractivity contribution >= 4 is 38.3 Å². The number of amides is 1. The van der Waals surface area contributed by atoms with Gasteiger partial charge >= 0.3 is 12.4 Å². The number of nitrogens with zero attached hydrogens (tertiary/aromatic N) is 2. The van der Waals surface area contributed by atoms with E-state index in [1.165, 1.54) is 29.5 Å². The number of carbonyl (C=O) groups is 1. The van der Waals surface area contributed by atoms with Gasteiger partial charge in [0.1, 0.15) is 5.82 Å². The second-order valence-corrected chi connectivity index (χ2v) is 8.00. The minimum Gasteiger partial charge on any atom is -0.346 e. The smallest absolute Gasteiger partial charge is 0.346 e. The van der Waals surface area contributed by atoms with Gasteiger partial charge in [-0.15, -0.1) is 0 Å². The van der Waals surface area contributed by atoms with E-state index < -0.39 is 46.8 Å². The number of nitrogens with one attached hydrogen (secondary N) is 1. The van der Waals surface area contributed by atoms with E-state index in [9.17, 15) is 35.5 Å². The van der Waals surface area contributed by atoms with Gasteiger partial charge in [-0.2, -0.15) is 26.3 Å². The molecule has 0 saturated carbocycles. The molecule has 164 valence electrons. The highest BCUT2D eigenvalue weighted by Crippen LogP contribution is 2.38. The van der Waals surface area contributed by atoms with Gasteiger partial charge in [0.2, 0.25) is 5.91 Å². The number of thiazole rings is 1. The van der Waals surface area contributed by atoms with E-state index in [2.05, 4.69) is 10.3 Å². The van der Waals surface area contributed by atoms with Crippen LogP contribution in [0.15, 0.2) is 36.4 Å². The summed E-state index contributed by atoms with van der Waals surface area (Å²) in [6, 6.07) is 5.03. The lowest BCUT2D eigenvalue weighted by Gasteiger charge is -2.38. The van der Waals surface area contributed by atoms with Crippen molar-refractivity contribution in [3.8, 4) is 0 Å². The second-order valence-electron chi connectivity index (χ2n) is 6.99. The van der Waals surface area contributed by atoms with E-state index in [0.717, 1.165) is 0 Å². The molecule has 0 radical (unpaired) electrons. The summed E-state index contributed by atoms with van der Waals surface area (Å²) in [5.41, 5.74) is -3.01. The lowest BCUT2D eigenvalue weighted by Crippen LogP contribution is -2.52. The van der Waals surface area contributed by atoms with E-state index >= 15 is 0 Å². The summed E-state index contributed by atoms with van der Waals surface area (Å²) >= 11 is 1.22. The van der Waals surface area contributed by atoms with Crippen LogP contribution in [-0.4, -0.2) is 24.0 Å². The molecule has 12 heteroatoms. The summed E-state index contributed by atoms with van der Waals surface area (Å²) in [7, 11) is 0. The van der Waals surface area contributed by atoms with Gasteiger partial charge in [-0.05, 0) is 36.4 Å². The lowest BCUT2D eigenvalue weighted by molar-refractivity contribution is -0.143. The molecule has 0 unspecified atom stereocenters. The van der Waals surface area contributed by atoms with Gasteiger partial charge in [0.05, 0.1) is 27.3 Å². The van der Waals surface area contributed by atoms with Crippen LogP contribution in [0.2, 0.25) is 0 Å². The molecule has 2 aromatic carbocycles. The molecule has 1 amide bonds. The number of anilines is 2. The molecule has 0 bridgehead atoms. The maximum Gasteiger partial charge on any atom is 0.416 e. The van der Waals surface area contributed by atoms with Crippen molar-refractivity contribution in [3.63, 3.8) is 0 Å². The van der Waals surface area contributed by atoms with Crippen molar-refractivity contribution < 1.29 is 35.5 Å². The molecule has 1 saturated heterocycles. The minimum absolute atomic E-state index is 0.00327. The van der Waals surface area contributed by atoms with E-state index in [-0.39, 0.29) is 19.2 Å². The third kappa shape index (κ3) is 4.43. The first kappa shape index (κ1) is 21.3. The highest BCUT2D eigenvalue weighted by atomic mass is 32.1. The molecule has 0 aliphatic carbocycles. The van der Waals surface area contributed by atoms with E-state index in [4.69, 9.17) is 0 Å². The highest BCUT2D eigenvalue weighted by Gasteiger charge is 2.38. The third-order valence-electron chi connectivity index (χ3n) is 4.72. The molecule has 1 aromatic heterocycles.